The molecule has 1 atom stereocenters. The fourth-order valence-electron chi connectivity index (χ4n) is 3.21. The van der Waals surface area contributed by atoms with E-state index in [0.717, 1.165) is 22.4 Å². The number of benzene rings is 1. The van der Waals surface area contributed by atoms with E-state index in [4.69, 9.17) is 11.6 Å². The van der Waals surface area contributed by atoms with Gasteiger partial charge in [0.2, 0.25) is 0 Å². The number of aliphatic imine (C=N–C) groups is 1. The Morgan fingerprint density at radius 2 is 2.09 bits per heavy atom. The molecule has 0 fully saturated rings. The summed E-state index contributed by atoms with van der Waals surface area (Å²) < 4.78 is 14.3. The molecule has 2 nitrogen and oxygen atoms in total. The third-order valence-electron chi connectivity index (χ3n) is 4.28. The van der Waals surface area contributed by atoms with Gasteiger partial charge in [0.05, 0.1) is 5.70 Å². The Morgan fingerprint density at radius 1 is 1.26 bits per heavy atom. The van der Waals surface area contributed by atoms with Gasteiger partial charge in [-0.3, -0.25) is 4.99 Å². The van der Waals surface area contributed by atoms with Gasteiger partial charge in [-0.2, -0.15) is 0 Å². The predicted molar refractivity (Wildman–Crippen MR) is 92.3 cm³/mol. The Kier molecular flexibility index (Phi) is 3.31. The smallest absolute Gasteiger partial charge is 0.132 e. The van der Waals surface area contributed by atoms with Crippen LogP contribution in [-0.2, 0) is 0 Å². The Hall–Kier alpha value is -2.39. The Morgan fingerprint density at radius 3 is 2.91 bits per heavy atom. The van der Waals surface area contributed by atoms with E-state index in [0.29, 0.717) is 16.3 Å². The van der Waals surface area contributed by atoms with Gasteiger partial charge in [-0.25, -0.2) is 4.39 Å². The van der Waals surface area contributed by atoms with Crippen LogP contribution in [0.15, 0.2) is 64.3 Å². The van der Waals surface area contributed by atoms with Gasteiger partial charge < -0.3 is 4.98 Å². The summed E-state index contributed by atoms with van der Waals surface area (Å²) in [4.78, 5) is 7.83. The maximum Gasteiger partial charge on any atom is 0.132 e. The maximum atomic E-state index is 14.3. The number of nitrogens with zero attached hydrogens (tertiary/aromatic N) is 1. The van der Waals surface area contributed by atoms with E-state index in [1.807, 2.05) is 37.4 Å². The van der Waals surface area contributed by atoms with E-state index in [1.54, 1.807) is 18.3 Å². The molecule has 1 N–H and O–H groups in total. The second-order valence-electron chi connectivity index (χ2n) is 5.69. The van der Waals surface area contributed by atoms with Crippen LogP contribution in [0.5, 0.6) is 0 Å². The maximum absolute atomic E-state index is 14.3. The van der Waals surface area contributed by atoms with Gasteiger partial charge in [-0.05, 0) is 42.3 Å². The average Bonchev–Trinajstić information content (AvgIpc) is 2.82. The van der Waals surface area contributed by atoms with Crippen LogP contribution in [-0.4, -0.2) is 11.2 Å². The summed E-state index contributed by atoms with van der Waals surface area (Å²) in [5.41, 5.74) is 5.30. The second-order valence-corrected chi connectivity index (χ2v) is 6.13. The molecule has 1 aliphatic heterocycles. The van der Waals surface area contributed by atoms with Gasteiger partial charge in [-0.15, -0.1) is 0 Å². The monoisotopic (exact) mass is 324 g/mol. The van der Waals surface area contributed by atoms with E-state index in [1.165, 1.54) is 6.07 Å². The Labute approximate surface area is 138 Å². The fourth-order valence-corrected chi connectivity index (χ4v) is 3.40. The first-order valence-corrected chi connectivity index (χ1v) is 7.79. The minimum absolute atomic E-state index is 0.0101. The van der Waals surface area contributed by atoms with Crippen molar-refractivity contribution in [3.05, 3.63) is 87.5 Å². The summed E-state index contributed by atoms with van der Waals surface area (Å²) in [6.07, 6.45) is 9.54. The largest absolute Gasteiger partial charge is 0.364 e. The molecule has 0 saturated heterocycles. The molecule has 0 amide bonds. The lowest BCUT2D eigenvalue weighted by molar-refractivity contribution is 0.623. The molecule has 2 aliphatic rings. The van der Waals surface area contributed by atoms with Crippen molar-refractivity contribution in [2.24, 2.45) is 4.99 Å². The highest BCUT2D eigenvalue weighted by Gasteiger charge is 2.27. The number of fused-ring (bicyclic) bond motifs is 3. The number of nitrogens with one attached hydrogen (secondary N) is 1. The number of allylic oxidation sites excluding steroid dienone is 5. The standard InChI is InChI=1S/C19H14ClFN2/c1-11-18-12(9-22-11)10-23-19(15-4-2-3-5-17(15)21)16-8-13(20)6-7-14(16)18/h2-10,14,22H,1H3. The zero-order valence-electron chi connectivity index (χ0n) is 12.5. The van der Waals surface area contributed by atoms with Crippen LogP contribution in [0.4, 0.5) is 4.39 Å². The molecule has 0 radical (unpaired) electrons. The summed E-state index contributed by atoms with van der Waals surface area (Å²) >= 11 is 6.21. The molecule has 4 rings (SSSR count). The molecule has 0 saturated carbocycles. The quantitative estimate of drug-likeness (QED) is 0.757. The molecule has 1 aromatic heterocycles. The van der Waals surface area contributed by atoms with Gasteiger partial charge in [0.1, 0.15) is 5.82 Å². The highest BCUT2D eigenvalue weighted by molar-refractivity contribution is 6.31. The minimum atomic E-state index is -0.283. The number of rotatable bonds is 1. The molecule has 2 heterocycles. The lowest BCUT2D eigenvalue weighted by atomic mass is 9.84. The number of halogens is 2. The van der Waals surface area contributed by atoms with E-state index in [2.05, 4.69) is 9.98 Å². The molecule has 2 aromatic rings. The van der Waals surface area contributed by atoms with Crippen molar-refractivity contribution < 1.29 is 4.39 Å². The first-order valence-electron chi connectivity index (χ1n) is 7.41. The van der Waals surface area contributed by atoms with E-state index < -0.39 is 0 Å². The molecule has 1 unspecified atom stereocenters. The molecule has 4 heteroatoms. The van der Waals surface area contributed by atoms with Crippen LogP contribution < -0.4 is 0 Å². The number of aromatic nitrogens is 1. The zero-order valence-corrected chi connectivity index (χ0v) is 13.2. The van der Waals surface area contributed by atoms with Crippen molar-refractivity contribution in [3.8, 4) is 0 Å². The number of hydrogen-bond donors (Lipinski definition) is 1. The van der Waals surface area contributed by atoms with Crippen LogP contribution >= 0.6 is 11.6 Å². The number of aromatic amines is 1. The topological polar surface area (TPSA) is 28.1 Å². The van der Waals surface area contributed by atoms with Gasteiger partial charge in [0.15, 0.2) is 0 Å². The van der Waals surface area contributed by atoms with Gasteiger partial charge in [-0.1, -0.05) is 29.8 Å². The third kappa shape index (κ3) is 2.28. The molecular weight excluding hydrogens is 311 g/mol. The lowest BCUT2D eigenvalue weighted by Gasteiger charge is -2.20. The number of H-pyrrole nitrogens is 1. The SMILES string of the molecule is Cc1[nH]cc2c1C1C=CC(Cl)=CC1=C(c1ccccc1F)N=C2. The predicted octanol–water partition coefficient (Wildman–Crippen LogP) is 5.08. The first-order chi connectivity index (χ1) is 11.1. The summed E-state index contributed by atoms with van der Waals surface area (Å²) in [6.45, 7) is 2.03. The zero-order chi connectivity index (χ0) is 16.0. The molecule has 0 spiro atoms. The van der Waals surface area contributed by atoms with Crippen molar-refractivity contribution in [2.45, 2.75) is 12.8 Å². The second kappa shape index (κ2) is 5.36. The summed E-state index contributed by atoms with van der Waals surface area (Å²) in [6, 6.07) is 6.70. The molecule has 1 aliphatic carbocycles. The van der Waals surface area contributed by atoms with Crippen LogP contribution in [0, 0.1) is 12.7 Å². The number of hydrogen-bond acceptors (Lipinski definition) is 1. The highest BCUT2D eigenvalue weighted by atomic mass is 35.5. The van der Waals surface area contributed by atoms with Crippen molar-refractivity contribution in [3.63, 3.8) is 0 Å². The molecule has 1 aromatic carbocycles. The summed E-state index contributed by atoms with van der Waals surface area (Å²) in [5, 5.41) is 0.622. The molecule has 23 heavy (non-hydrogen) atoms. The molecule has 0 bridgehead atoms. The Balaban J connectivity index is 2.01. The van der Waals surface area contributed by atoms with Crippen LogP contribution in [0.25, 0.3) is 5.70 Å². The van der Waals surface area contributed by atoms with Crippen LogP contribution in [0.1, 0.15) is 28.3 Å². The number of aryl methyl sites for hydroxylation is 1. The van der Waals surface area contributed by atoms with Crippen molar-refractivity contribution in [1.29, 1.82) is 0 Å². The highest BCUT2D eigenvalue weighted by Crippen LogP contribution is 2.42. The molecular formula is C19H14ClFN2. The van der Waals surface area contributed by atoms with Crippen LogP contribution in [0.3, 0.4) is 0 Å². The lowest BCUT2D eigenvalue weighted by Crippen LogP contribution is -2.05. The van der Waals surface area contributed by atoms with E-state index in [9.17, 15) is 4.39 Å². The van der Waals surface area contributed by atoms with Gasteiger partial charge in [0.25, 0.3) is 0 Å². The van der Waals surface area contributed by atoms with Gasteiger partial charge >= 0.3 is 0 Å². The third-order valence-corrected chi connectivity index (χ3v) is 4.52. The van der Waals surface area contributed by atoms with Gasteiger partial charge in [0, 0.05) is 40.2 Å². The average molecular weight is 325 g/mol. The normalized spacial score (nSPS) is 19.3. The van der Waals surface area contributed by atoms with E-state index >= 15 is 0 Å². The van der Waals surface area contributed by atoms with Crippen molar-refractivity contribution in [1.82, 2.24) is 4.98 Å². The molecule has 114 valence electrons. The fraction of sp³-hybridized carbons (Fsp3) is 0.105. The van der Waals surface area contributed by atoms with E-state index in [-0.39, 0.29) is 11.7 Å². The summed E-state index contributed by atoms with van der Waals surface area (Å²) in [5.74, 6) is -0.273. The van der Waals surface area contributed by atoms with Crippen molar-refractivity contribution >= 4 is 23.5 Å². The Bertz CT molecular complexity index is 915. The minimum Gasteiger partial charge on any atom is -0.364 e. The van der Waals surface area contributed by atoms with Crippen molar-refractivity contribution in [2.75, 3.05) is 0 Å². The first kappa shape index (κ1) is 14.2. The van der Waals surface area contributed by atoms with Crippen LogP contribution in [0.2, 0.25) is 0 Å². The summed E-state index contributed by atoms with van der Waals surface area (Å²) in [7, 11) is 0.